The minimum Gasteiger partial charge on any atom is -0.381 e. The largest absolute Gasteiger partial charge is 0.381 e. The van der Waals surface area contributed by atoms with Crippen LogP contribution in [0.2, 0.25) is 0 Å². The van der Waals surface area contributed by atoms with Crippen LogP contribution in [0.3, 0.4) is 0 Å². The number of ether oxygens (including phenoxy) is 1. The number of hydrogen-bond acceptors (Lipinski definition) is 7. The molecule has 40 heavy (non-hydrogen) atoms. The van der Waals surface area contributed by atoms with Gasteiger partial charge in [0.1, 0.15) is 6.23 Å². The van der Waals surface area contributed by atoms with Crippen LogP contribution in [-0.4, -0.2) is 75.0 Å². The summed E-state index contributed by atoms with van der Waals surface area (Å²) in [6.45, 7) is 12.1. The first-order chi connectivity index (χ1) is 19.2. The maximum absolute atomic E-state index is 13.7. The maximum Gasteiger partial charge on any atom is 0.176 e. The van der Waals surface area contributed by atoms with Crippen molar-refractivity contribution in [2.24, 2.45) is 0 Å². The second-order valence-electron chi connectivity index (χ2n) is 11.3. The van der Waals surface area contributed by atoms with Gasteiger partial charge < -0.3 is 30.3 Å². The van der Waals surface area contributed by atoms with E-state index < -0.39 is 6.23 Å². The van der Waals surface area contributed by atoms with Crippen molar-refractivity contribution in [1.82, 2.24) is 15.5 Å². The van der Waals surface area contributed by atoms with Gasteiger partial charge in [0.2, 0.25) is 0 Å². The highest BCUT2D eigenvalue weighted by Gasteiger charge is 2.25. The second-order valence-corrected chi connectivity index (χ2v) is 11.3. The maximum atomic E-state index is 13.7. The highest BCUT2D eigenvalue weighted by atomic mass is 16.5. The Labute approximate surface area is 239 Å². The van der Waals surface area contributed by atoms with Crippen LogP contribution in [0, 0.1) is 6.92 Å². The van der Waals surface area contributed by atoms with Crippen LogP contribution >= 0.6 is 0 Å². The molecule has 7 nitrogen and oxygen atoms in total. The fourth-order valence-electron chi connectivity index (χ4n) is 5.86. The summed E-state index contributed by atoms with van der Waals surface area (Å²) in [5.41, 5.74) is 9.12. The van der Waals surface area contributed by atoms with Gasteiger partial charge >= 0.3 is 0 Å². The van der Waals surface area contributed by atoms with Gasteiger partial charge in [0.15, 0.2) is 5.78 Å². The predicted molar refractivity (Wildman–Crippen MR) is 164 cm³/mol. The molecular formula is C33H46N4O3. The summed E-state index contributed by atoms with van der Waals surface area (Å²) in [7, 11) is 4.14. The number of allylic oxidation sites excluding steroid dienone is 3. The van der Waals surface area contributed by atoms with Crippen LogP contribution in [0.25, 0.3) is 11.1 Å². The van der Waals surface area contributed by atoms with Crippen LogP contribution < -0.4 is 15.5 Å². The minimum atomic E-state index is -0.739. The number of rotatable bonds is 11. The summed E-state index contributed by atoms with van der Waals surface area (Å²) >= 11 is 0. The molecule has 2 aliphatic rings. The number of nitrogens with zero attached hydrogens (tertiary/aromatic N) is 2. The van der Waals surface area contributed by atoms with Crippen molar-refractivity contribution in [3.05, 3.63) is 76.0 Å². The quantitative estimate of drug-likeness (QED) is 0.355. The molecule has 0 saturated carbocycles. The Balaban J connectivity index is 1.64. The van der Waals surface area contributed by atoms with E-state index in [1.165, 1.54) is 5.56 Å². The lowest BCUT2D eigenvalue weighted by molar-refractivity contribution is 0.0846. The average molecular weight is 547 g/mol. The predicted octanol–water partition coefficient (Wildman–Crippen LogP) is 4.64. The number of carbonyl (C=O) groups is 1. The molecule has 2 aromatic carbocycles. The molecule has 2 heterocycles. The topological polar surface area (TPSA) is 77.1 Å². The molecule has 2 aliphatic heterocycles. The van der Waals surface area contributed by atoms with Gasteiger partial charge in [-0.2, -0.15) is 0 Å². The Hall–Kier alpha value is -2.97. The van der Waals surface area contributed by atoms with Crippen molar-refractivity contribution in [2.45, 2.75) is 59.4 Å². The zero-order chi connectivity index (χ0) is 28.8. The first-order valence-corrected chi connectivity index (χ1v) is 14.5. The Bertz CT molecular complexity index is 1240. The Morgan fingerprint density at radius 3 is 2.40 bits per heavy atom. The van der Waals surface area contributed by atoms with Crippen molar-refractivity contribution in [3.63, 3.8) is 0 Å². The lowest BCUT2D eigenvalue weighted by atomic mass is 9.93. The third kappa shape index (κ3) is 7.21. The summed E-state index contributed by atoms with van der Waals surface area (Å²) in [5, 5.41) is 16.8. The number of hydrogen-bond donors (Lipinski definition) is 3. The number of Topliss-reactive ketones (excluding diaryl/α,β-unsaturated/α-hetero) is 1. The van der Waals surface area contributed by atoms with Gasteiger partial charge in [-0.05, 0) is 106 Å². The van der Waals surface area contributed by atoms with Gasteiger partial charge in [0.25, 0.3) is 0 Å². The number of dihydropyridines is 1. The monoisotopic (exact) mass is 546 g/mol. The smallest absolute Gasteiger partial charge is 0.176 e. The van der Waals surface area contributed by atoms with E-state index in [0.717, 1.165) is 83.9 Å². The molecule has 0 aromatic heterocycles. The van der Waals surface area contributed by atoms with Crippen molar-refractivity contribution in [2.75, 3.05) is 51.8 Å². The van der Waals surface area contributed by atoms with E-state index in [1.807, 2.05) is 19.9 Å². The Morgan fingerprint density at radius 1 is 1.07 bits per heavy atom. The highest BCUT2D eigenvalue weighted by molar-refractivity contribution is 6.01. The summed E-state index contributed by atoms with van der Waals surface area (Å²) < 4.78 is 5.65. The van der Waals surface area contributed by atoms with Gasteiger partial charge in [-0.15, -0.1) is 0 Å². The fourth-order valence-corrected chi connectivity index (χ4v) is 5.86. The number of anilines is 1. The Morgan fingerprint density at radius 2 is 1.77 bits per heavy atom. The second kappa shape index (κ2) is 13.6. The molecule has 0 amide bonds. The minimum absolute atomic E-state index is 0.0519. The van der Waals surface area contributed by atoms with E-state index in [9.17, 15) is 9.90 Å². The number of nitrogens with one attached hydrogen (secondary N) is 2. The molecule has 0 spiro atoms. The van der Waals surface area contributed by atoms with E-state index in [1.54, 1.807) is 0 Å². The van der Waals surface area contributed by atoms with Gasteiger partial charge in [-0.3, -0.25) is 4.79 Å². The van der Waals surface area contributed by atoms with Crippen LogP contribution in [0.15, 0.2) is 59.3 Å². The third-order valence-corrected chi connectivity index (χ3v) is 7.98. The SMILES string of the molecule is CCN(c1cc(-c2ccc(CN(C)C)cc2)cc(C(=O)CNCC2=C(C)C=C(C)NC2O)c1C)C1CCOCC1. The molecule has 0 bridgehead atoms. The van der Waals surface area contributed by atoms with E-state index in [0.29, 0.717) is 12.6 Å². The number of carbonyl (C=O) groups excluding carboxylic acids is 1. The molecule has 2 aromatic rings. The molecule has 1 fully saturated rings. The number of benzene rings is 2. The first kappa shape index (κ1) is 30.0. The van der Waals surface area contributed by atoms with E-state index in [2.05, 4.69) is 84.8 Å². The van der Waals surface area contributed by atoms with E-state index in [-0.39, 0.29) is 12.3 Å². The summed E-state index contributed by atoms with van der Waals surface area (Å²) in [6.07, 6.45) is 3.25. The van der Waals surface area contributed by atoms with E-state index in [4.69, 9.17) is 4.74 Å². The standard InChI is InChI=1S/C33H46N4O3/c1-7-37(28-12-14-40-15-13-28)31-18-27(26-10-8-25(9-11-26)21-36(5)6)17-29(24(31)4)32(38)20-34-19-30-22(2)16-23(3)35-33(30)39/h8-11,16-18,28,33-35,39H,7,12-15,19-21H2,1-6H3. The lowest BCUT2D eigenvalue weighted by Crippen LogP contribution is -2.40. The summed E-state index contributed by atoms with van der Waals surface area (Å²) in [6, 6.07) is 13.4. The zero-order valence-electron chi connectivity index (χ0n) is 25.0. The molecule has 7 heteroatoms. The van der Waals surface area contributed by atoms with Crippen LogP contribution in [0.5, 0.6) is 0 Å². The van der Waals surface area contributed by atoms with Crippen LogP contribution in [0.4, 0.5) is 5.69 Å². The van der Waals surface area contributed by atoms with Crippen molar-refractivity contribution < 1.29 is 14.6 Å². The van der Waals surface area contributed by atoms with Gasteiger partial charge in [-0.25, -0.2) is 0 Å². The van der Waals surface area contributed by atoms with Crippen LogP contribution in [-0.2, 0) is 11.3 Å². The van der Waals surface area contributed by atoms with Gasteiger partial charge in [0.05, 0.1) is 6.54 Å². The van der Waals surface area contributed by atoms with Crippen molar-refractivity contribution >= 4 is 11.5 Å². The van der Waals surface area contributed by atoms with Crippen molar-refractivity contribution in [1.29, 1.82) is 0 Å². The van der Waals surface area contributed by atoms with Gasteiger partial charge in [-0.1, -0.05) is 24.3 Å². The molecule has 1 atom stereocenters. The molecule has 1 unspecified atom stereocenters. The number of aliphatic hydroxyl groups is 1. The first-order valence-electron chi connectivity index (χ1n) is 14.5. The molecule has 216 valence electrons. The fraction of sp³-hybridized carbons (Fsp3) is 0.485. The molecule has 1 saturated heterocycles. The van der Waals surface area contributed by atoms with Crippen LogP contribution in [0.1, 0.15) is 55.1 Å². The highest BCUT2D eigenvalue weighted by Crippen LogP contribution is 2.34. The third-order valence-electron chi connectivity index (χ3n) is 7.98. The Kier molecular flexibility index (Phi) is 10.2. The molecule has 4 rings (SSSR count). The molecule has 3 N–H and O–H groups in total. The van der Waals surface area contributed by atoms with Gasteiger partial charge in [0, 0.05) is 55.8 Å². The lowest BCUT2D eigenvalue weighted by Gasteiger charge is -2.37. The van der Waals surface area contributed by atoms with E-state index >= 15 is 0 Å². The van der Waals surface area contributed by atoms with Crippen molar-refractivity contribution in [3.8, 4) is 11.1 Å². The molecular weight excluding hydrogens is 500 g/mol. The summed E-state index contributed by atoms with van der Waals surface area (Å²) in [4.78, 5) is 18.3. The normalized spacial score (nSPS) is 18.1. The molecule has 0 radical (unpaired) electrons. The summed E-state index contributed by atoms with van der Waals surface area (Å²) in [5.74, 6) is 0.0519. The average Bonchev–Trinajstić information content (AvgIpc) is 2.92. The zero-order valence-corrected chi connectivity index (χ0v) is 25.0. The molecule has 0 aliphatic carbocycles. The number of aliphatic hydroxyl groups excluding tert-OH is 1. The number of ketones is 1.